The lowest BCUT2D eigenvalue weighted by Gasteiger charge is -2.08. The van der Waals surface area contributed by atoms with Crippen molar-refractivity contribution < 1.29 is 15.3 Å². The van der Waals surface area contributed by atoms with E-state index in [2.05, 4.69) is 20.4 Å². The molecule has 0 aromatic rings. The Morgan fingerprint density at radius 2 is 1.56 bits per heavy atom. The molecule has 1 unspecified atom stereocenters. The van der Waals surface area contributed by atoms with Crippen LogP contribution >= 0.6 is 0 Å². The van der Waals surface area contributed by atoms with E-state index in [-0.39, 0.29) is 13.2 Å². The smallest absolute Gasteiger partial charge is 0.0662 e. The molecule has 0 amide bonds. The number of aliphatic hydroxyl groups excluding tert-OH is 3. The molecule has 3 nitrogen and oxygen atoms in total. The highest BCUT2D eigenvalue weighted by Gasteiger charge is 2.01. The molecule has 0 rings (SSSR count). The predicted octanol–water partition coefficient (Wildman–Crippen LogP) is 2.36. The molecule has 3 N–H and O–H groups in total. The van der Waals surface area contributed by atoms with Gasteiger partial charge in [0.2, 0.25) is 0 Å². The molecule has 0 radical (unpaired) electrons. The molecule has 0 aliphatic heterocycles. The first-order chi connectivity index (χ1) is 7.67. The molecule has 0 spiro atoms. The van der Waals surface area contributed by atoms with Crippen LogP contribution in [0.2, 0.25) is 0 Å². The molecule has 0 bridgehead atoms. The van der Waals surface area contributed by atoms with E-state index >= 15 is 0 Å². The Bertz CT molecular complexity index is 99.4. The van der Waals surface area contributed by atoms with Crippen LogP contribution in [-0.2, 0) is 0 Å². The summed E-state index contributed by atoms with van der Waals surface area (Å²) in [7, 11) is 0. The molecule has 100 valence electrons. The second-order valence-corrected chi connectivity index (χ2v) is 3.45. The molecule has 0 saturated carbocycles. The molecule has 0 saturated heterocycles. The fourth-order valence-corrected chi connectivity index (χ4v) is 0.917. The molecule has 0 aromatic carbocycles. The van der Waals surface area contributed by atoms with E-state index in [0.29, 0.717) is 12.5 Å². The van der Waals surface area contributed by atoms with Crippen molar-refractivity contribution in [3.8, 4) is 0 Å². The Morgan fingerprint density at radius 1 is 1.12 bits per heavy atom. The van der Waals surface area contributed by atoms with Crippen molar-refractivity contribution in [3.63, 3.8) is 0 Å². The minimum atomic E-state index is -0.125. The maximum Gasteiger partial charge on any atom is 0.0662 e. The fourth-order valence-electron chi connectivity index (χ4n) is 0.917. The number of hydrogen-bond acceptors (Lipinski definition) is 3. The van der Waals surface area contributed by atoms with Crippen LogP contribution < -0.4 is 0 Å². The summed E-state index contributed by atoms with van der Waals surface area (Å²) in [5.74, 6) is 0.560. The van der Waals surface area contributed by atoms with E-state index in [0.717, 1.165) is 6.42 Å². The van der Waals surface area contributed by atoms with Gasteiger partial charge in [-0.2, -0.15) is 0 Å². The molecule has 16 heavy (non-hydrogen) atoms. The average Bonchev–Trinajstić information content (AvgIpc) is 2.32. The molecule has 0 aliphatic rings. The maximum atomic E-state index is 8.75. The van der Waals surface area contributed by atoms with Crippen LogP contribution in [0.5, 0.6) is 0 Å². The predicted molar refractivity (Wildman–Crippen MR) is 70.4 cm³/mol. The van der Waals surface area contributed by atoms with E-state index < -0.39 is 0 Å². The number of unbranched alkanes of at least 4 members (excludes halogenated alkanes) is 1. The molecule has 0 heterocycles. The van der Waals surface area contributed by atoms with Crippen molar-refractivity contribution in [2.45, 2.75) is 46.5 Å². The first-order valence-electron chi connectivity index (χ1n) is 6.07. The minimum Gasteiger partial charge on any atom is -0.396 e. The van der Waals surface area contributed by atoms with Gasteiger partial charge in [-0.25, -0.2) is 0 Å². The van der Waals surface area contributed by atoms with Gasteiger partial charge in [0, 0.05) is 6.61 Å². The first kappa shape index (κ1) is 21.0. The zero-order chi connectivity index (χ0) is 13.2. The van der Waals surface area contributed by atoms with Gasteiger partial charge in [-0.05, 0) is 19.3 Å². The summed E-state index contributed by atoms with van der Waals surface area (Å²) in [6.45, 7) is 9.69. The molecule has 3 heteroatoms. The van der Waals surface area contributed by atoms with Gasteiger partial charge < -0.3 is 15.3 Å². The average molecular weight is 234 g/mol. The SMILES string of the molecule is C=CC.CCCCC(CC)CO.OCCO. The summed E-state index contributed by atoms with van der Waals surface area (Å²) in [5, 5.41) is 24.0. The lowest BCUT2D eigenvalue weighted by molar-refractivity contribution is 0.186. The Kier molecular flexibility index (Phi) is 31.5. The highest BCUT2D eigenvalue weighted by molar-refractivity contribution is 4.53. The standard InChI is InChI=1S/C8H18O.C3H6.C2H6O2/c1-3-5-6-8(4-2)7-9;1-3-2;3-1-2-4/h8-9H,3-7H2,1-2H3;3H,1H2,2H3;3-4H,1-2H2. The molecule has 1 atom stereocenters. The van der Waals surface area contributed by atoms with Crippen molar-refractivity contribution in [3.05, 3.63) is 12.7 Å². The van der Waals surface area contributed by atoms with Crippen molar-refractivity contribution in [1.82, 2.24) is 0 Å². The zero-order valence-corrected chi connectivity index (χ0v) is 11.2. The Hall–Kier alpha value is -0.380. The molecule has 0 aromatic heterocycles. The summed E-state index contributed by atoms with van der Waals surface area (Å²) in [4.78, 5) is 0. The van der Waals surface area contributed by atoms with Crippen LogP contribution in [0.1, 0.15) is 46.5 Å². The quantitative estimate of drug-likeness (QED) is 0.618. The van der Waals surface area contributed by atoms with Gasteiger partial charge in [0.25, 0.3) is 0 Å². The summed E-state index contributed by atoms with van der Waals surface area (Å²) in [5.41, 5.74) is 0. The van der Waals surface area contributed by atoms with Gasteiger partial charge in [0.15, 0.2) is 0 Å². The Balaban J connectivity index is -0.000000201. The van der Waals surface area contributed by atoms with Crippen LogP contribution in [-0.4, -0.2) is 35.1 Å². The van der Waals surface area contributed by atoms with Crippen LogP contribution in [0.4, 0.5) is 0 Å². The second-order valence-electron chi connectivity index (χ2n) is 3.45. The number of aliphatic hydroxyl groups is 3. The molecular weight excluding hydrogens is 204 g/mol. The van der Waals surface area contributed by atoms with Crippen LogP contribution in [0, 0.1) is 5.92 Å². The maximum absolute atomic E-state index is 8.75. The topological polar surface area (TPSA) is 60.7 Å². The van der Waals surface area contributed by atoms with Gasteiger partial charge in [-0.15, -0.1) is 6.58 Å². The highest BCUT2D eigenvalue weighted by atomic mass is 16.3. The number of rotatable bonds is 6. The lowest BCUT2D eigenvalue weighted by Crippen LogP contribution is -2.03. The normalized spacial score (nSPS) is 10.4. The van der Waals surface area contributed by atoms with E-state index in [1.807, 2.05) is 6.92 Å². The van der Waals surface area contributed by atoms with Crippen LogP contribution in [0.25, 0.3) is 0 Å². The van der Waals surface area contributed by atoms with Crippen LogP contribution in [0.15, 0.2) is 12.7 Å². The zero-order valence-electron chi connectivity index (χ0n) is 11.2. The lowest BCUT2D eigenvalue weighted by atomic mass is 10.0. The monoisotopic (exact) mass is 234 g/mol. The summed E-state index contributed by atoms with van der Waals surface area (Å²) >= 11 is 0. The van der Waals surface area contributed by atoms with E-state index in [4.69, 9.17) is 15.3 Å². The van der Waals surface area contributed by atoms with Gasteiger partial charge >= 0.3 is 0 Å². The van der Waals surface area contributed by atoms with Gasteiger partial charge in [0.1, 0.15) is 0 Å². The number of allylic oxidation sites excluding steroid dienone is 1. The van der Waals surface area contributed by atoms with Gasteiger partial charge in [-0.1, -0.05) is 39.2 Å². The molecular formula is C13H30O3. The largest absolute Gasteiger partial charge is 0.396 e. The summed E-state index contributed by atoms with van der Waals surface area (Å²) in [6.07, 6.45) is 6.58. The van der Waals surface area contributed by atoms with Gasteiger partial charge in [-0.3, -0.25) is 0 Å². The molecule has 0 fully saturated rings. The van der Waals surface area contributed by atoms with E-state index in [9.17, 15) is 0 Å². The third-order valence-electron chi connectivity index (χ3n) is 1.90. The fraction of sp³-hybridized carbons (Fsp3) is 0.846. The summed E-state index contributed by atoms with van der Waals surface area (Å²) < 4.78 is 0. The Labute approximate surface area is 101 Å². The van der Waals surface area contributed by atoms with Crippen molar-refractivity contribution in [2.75, 3.05) is 19.8 Å². The molecule has 0 aliphatic carbocycles. The van der Waals surface area contributed by atoms with Crippen molar-refractivity contribution >= 4 is 0 Å². The number of hydrogen-bond donors (Lipinski definition) is 3. The van der Waals surface area contributed by atoms with Crippen LogP contribution in [0.3, 0.4) is 0 Å². The third-order valence-corrected chi connectivity index (χ3v) is 1.90. The van der Waals surface area contributed by atoms with Crippen molar-refractivity contribution in [2.24, 2.45) is 5.92 Å². The third kappa shape index (κ3) is 29.2. The Morgan fingerprint density at radius 3 is 1.75 bits per heavy atom. The van der Waals surface area contributed by atoms with E-state index in [1.54, 1.807) is 6.08 Å². The van der Waals surface area contributed by atoms with E-state index in [1.165, 1.54) is 19.3 Å². The van der Waals surface area contributed by atoms with Gasteiger partial charge in [0.05, 0.1) is 13.2 Å². The summed E-state index contributed by atoms with van der Waals surface area (Å²) in [6, 6.07) is 0. The minimum absolute atomic E-state index is 0.125. The van der Waals surface area contributed by atoms with Crippen molar-refractivity contribution in [1.29, 1.82) is 0 Å². The highest BCUT2D eigenvalue weighted by Crippen LogP contribution is 2.10. The first-order valence-corrected chi connectivity index (χ1v) is 6.07. The second kappa shape index (κ2) is 24.0.